The van der Waals surface area contributed by atoms with Crippen LogP contribution in [0.5, 0.6) is 5.75 Å². The molecule has 2 aromatic heterocycles. The molecule has 0 N–H and O–H groups in total. The highest BCUT2D eigenvalue weighted by molar-refractivity contribution is 7.16. The lowest BCUT2D eigenvalue weighted by atomic mass is 10.2. The second-order valence-electron chi connectivity index (χ2n) is 3.59. The summed E-state index contributed by atoms with van der Waals surface area (Å²) in [6, 6.07) is 3.55. The zero-order valence-electron chi connectivity index (χ0n) is 9.81. The number of hydrogen-bond donors (Lipinski definition) is 0. The molecule has 0 aliphatic carbocycles. The Morgan fingerprint density at radius 1 is 1.42 bits per heavy atom. The predicted octanol–water partition coefficient (Wildman–Crippen LogP) is 1.34. The van der Waals surface area contributed by atoms with E-state index in [0.717, 1.165) is 21.6 Å². The number of hydrogen-bond acceptors (Lipinski definition) is 7. The van der Waals surface area contributed by atoms with E-state index in [1.807, 2.05) is 0 Å². The Bertz CT molecular complexity index is 788. The Morgan fingerprint density at radius 2 is 2.21 bits per heavy atom. The van der Waals surface area contributed by atoms with Gasteiger partial charge < -0.3 is 9.15 Å². The van der Waals surface area contributed by atoms with E-state index >= 15 is 0 Å². The molecular formula is C11H8N4O3S. The zero-order valence-corrected chi connectivity index (χ0v) is 10.6. The molecule has 1 aromatic carbocycles. The second-order valence-corrected chi connectivity index (χ2v) is 4.57. The van der Waals surface area contributed by atoms with Gasteiger partial charge in [-0.3, -0.25) is 0 Å². The van der Waals surface area contributed by atoms with Gasteiger partial charge in [0, 0.05) is 0 Å². The van der Waals surface area contributed by atoms with E-state index in [4.69, 9.17) is 9.15 Å². The van der Waals surface area contributed by atoms with Crippen molar-refractivity contribution in [2.24, 2.45) is 5.10 Å². The van der Waals surface area contributed by atoms with Gasteiger partial charge in [0.25, 0.3) is 0 Å². The Morgan fingerprint density at radius 3 is 2.95 bits per heavy atom. The van der Waals surface area contributed by atoms with Crippen LogP contribution in [0.2, 0.25) is 0 Å². The number of methoxy groups -OCH3 is 1. The number of benzene rings is 1. The van der Waals surface area contributed by atoms with Crippen molar-refractivity contribution < 1.29 is 9.15 Å². The lowest BCUT2D eigenvalue weighted by Gasteiger charge is -2.01. The third-order valence-electron chi connectivity index (χ3n) is 2.39. The van der Waals surface area contributed by atoms with Crippen LogP contribution < -0.4 is 9.68 Å². The molecule has 0 bridgehead atoms. The highest BCUT2D eigenvalue weighted by Crippen LogP contribution is 2.28. The standard InChI is InChI=1S/C11H8N4O3S/c1-17-8-2-7(4-14-15-5-12-13-6-15)3-9-10(8)18-11(16)19-9/h2-6H,1H3/b14-4-. The van der Waals surface area contributed by atoms with Crippen molar-refractivity contribution in [3.8, 4) is 5.75 Å². The number of aromatic nitrogens is 3. The number of fused-ring (bicyclic) bond motifs is 1. The van der Waals surface area contributed by atoms with Crippen LogP contribution in [-0.2, 0) is 0 Å². The zero-order chi connectivity index (χ0) is 13.2. The van der Waals surface area contributed by atoms with Crippen LogP contribution in [0.15, 0.2) is 39.1 Å². The van der Waals surface area contributed by atoms with E-state index < -0.39 is 0 Å². The van der Waals surface area contributed by atoms with Crippen molar-refractivity contribution in [2.45, 2.75) is 0 Å². The molecule has 0 spiro atoms. The summed E-state index contributed by atoms with van der Waals surface area (Å²) in [5, 5.41) is 11.4. The van der Waals surface area contributed by atoms with Gasteiger partial charge in [-0.25, -0.2) is 9.47 Å². The van der Waals surface area contributed by atoms with E-state index in [0.29, 0.717) is 11.3 Å². The van der Waals surface area contributed by atoms with Gasteiger partial charge in [0.05, 0.1) is 18.0 Å². The van der Waals surface area contributed by atoms with Crippen molar-refractivity contribution in [3.63, 3.8) is 0 Å². The number of rotatable bonds is 3. The molecule has 0 unspecified atom stereocenters. The SMILES string of the molecule is COc1cc(/C=N\n2cnnc2)cc2sc(=O)oc12. The van der Waals surface area contributed by atoms with Crippen molar-refractivity contribution in [1.29, 1.82) is 0 Å². The number of nitrogens with zero attached hydrogens (tertiary/aromatic N) is 4. The Kier molecular flexibility index (Phi) is 2.84. The second kappa shape index (κ2) is 4.65. The van der Waals surface area contributed by atoms with Crippen molar-refractivity contribution >= 4 is 27.8 Å². The van der Waals surface area contributed by atoms with Crippen molar-refractivity contribution in [3.05, 3.63) is 40.1 Å². The summed E-state index contributed by atoms with van der Waals surface area (Å²) in [4.78, 5) is 10.9. The predicted molar refractivity (Wildman–Crippen MR) is 69.9 cm³/mol. The van der Waals surface area contributed by atoms with Gasteiger partial charge in [0.2, 0.25) is 0 Å². The summed E-state index contributed by atoms with van der Waals surface area (Å²) in [5.74, 6) is 0.501. The van der Waals surface area contributed by atoms with Gasteiger partial charge in [0.1, 0.15) is 12.7 Å². The molecule has 0 aliphatic rings. The lowest BCUT2D eigenvalue weighted by molar-refractivity contribution is 0.408. The summed E-state index contributed by atoms with van der Waals surface area (Å²) in [6.45, 7) is 0. The minimum Gasteiger partial charge on any atom is -0.493 e. The summed E-state index contributed by atoms with van der Waals surface area (Å²) < 4.78 is 12.4. The van der Waals surface area contributed by atoms with Gasteiger partial charge in [-0.1, -0.05) is 11.3 Å². The van der Waals surface area contributed by atoms with Gasteiger partial charge >= 0.3 is 4.94 Å². The third-order valence-corrected chi connectivity index (χ3v) is 3.16. The smallest absolute Gasteiger partial charge is 0.396 e. The van der Waals surface area contributed by atoms with Crippen LogP contribution in [0.3, 0.4) is 0 Å². The first-order valence-electron chi connectivity index (χ1n) is 5.27. The maximum atomic E-state index is 11.3. The summed E-state index contributed by atoms with van der Waals surface area (Å²) >= 11 is 1.02. The van der Waals surface area contributed by atoms with E-state index in [1.54, 1.807) is 18.3 Å². The van der Waals surface area contributed by atoms with Crippen molar-refractivity contribution in [1.82, 2.24) is 14.9 Å². The molecule has 0 atom stereocenters. The van der Waals surface area contributed by atoms with Crippen molar-refractivity contribution in [2.75, 3.05) is 7.11 Å². The normalized spacial score (nSPS) is 11.4. The molecule has 0 saturated carbocycles. The largest absolute Gasteiger partial charge is 0.493 e. The maximum absolute atomic E-state index is 11.3. The molecule has 7 nitrogen and oxygen atoms in total. The topological polar surface area (TPSA) is 82.5 Å². The summed E-state index contributed by atoms with van der Waals surface area (Å²) in [6.07, 6.45) is 4.57. The third kappa shape index (κ3) is 2.25. The summed E-state index contributed by atoms with van der Waals surface area (Å²) in [5.41, 5.74) is 1.24. The quantitative estimate of drug-likeness (QED) is 0.674. The molecule has 96 valence electrons. The van der Waals surface area contributed by atoms with Gasteiger partial charge in [-0.05, 0) is 17.7 Å². The van der Waals surface area contributed by atoms with Crippen LogP contribution in [0.25, 0.3) is 10.3 Å². The minimum absolute atomic E-state index is 0.360. The van der Waals surface area contributed by atoms with Crippen LogP contribution in [0, 0.1) is 0 Å². The fourth-order valence-corrected chi connectivity index (χ4v) is 2.32. The molecule has 2 heterocycles. The fourth-order valence-electron chi connectivity index (χ4n) is 1.58. The molecule has 3 aromatic rings. The number of ether oxygens (including phenoxy) is 1. The van der Waals surface area contributed by atoms with E-state index in [-0.39, 0.29) is 4.94 Å². The average Bonchev–Trinajstić information content (AvgIpc) is 3.03. The Balaban J connectivity index is 2.06. The first-order chi connectivity index (χ1) is 9.26. The van der Waals surface area contributed by atoms with Crippen LogP contribution in [0.4, 0.5) is 0 Å². The van der Waals surface area contributed by atoms with Gasteiger partial charge in [-0.2, -0.15) is 5.10 Å². The molecule has 0 aliphatic heterocycles. The minimum atomic E-state index is -0.360. The molecule has 19 heavy (non-hydrogen) atoms. The first kappa shape index (κ1) is 11.6. The molecule has 3 rings (SSSR count). The van der Waals surface area contributed by atoms with Gasteiger partial charge in [0.15, 0.2) is 11.3 Å². The van der Waals surface area contributed by atoms with Crippen LogP contribution in [-0.4, -0.2) is 28.2 Å². The maximum Gasteiger partial charge on any atom is 0.396 e. The van der Waals surface area contributed by atoms with E-state index in [2.05, 4.69) is 15.3 Å². The highest BCUT2D eigenvalue weighted by atomic mass is 32.1. The molecule has 0 radical (unpaired) electrons. The molecular weight excluding hydrogens is 268 g/mol. The first-order valence-corrected chi connectivity index (χ1v) is 6.08. The van der Waals surface area contributed by atoms with Gasteiger partial charge in [-0.15, -0.1) is 10.2 Å². The average molecular weight is 276 g/mol. The Hall–Kier alpha value is -2.48. The van der Waals surface area contributed by atoms with E-state index in [9.17, 15) is 4.79 Å². The Labute approximate surface area is 110 Å². The van der Waals surface area contributed by atoms with Crippen LogP contribution >= 0.6 is 11.3 Å². The fraction of sp³-hybridized carbons (Fsp3) is 0.0909. The van der Waals surface area contributed by atoms with Crippen LogP contribution in [0.1, 0.15) is 5.56 Å². The monoisotopic (exact) mass is 276 g/mol. The highest BCUT2D eigenvalue weighted by Gasteiger charge is 2.09. The molecule has 0 saturated heterocycles. The summed E-state index contributed by atoms with van der Waals surface area (Å²) in [7, 11) is 1.52. The molecule has 0 amide bonds. The van der Waals surface area contributed by atoms with E-state index in [1.165, 1.54) is 24.4 Å². The molecule has 0 fully saturated rings. The molecule has 8 heteroatoms. The lowest BCUT2D eigenvalue weighted by Crippen LogP contribution is -1.90.